The number of rotatable bonds is 8. The standard InChI is InChI=1S/C15H25N3O/c1-13(2)18-15(16)17-10-6-11-19-12-9-14-7-4-3-5-8-14/h3-5,7-8,13H,6,9-12H2,1-2H3,(H3,16,17,18). The molecule has 1 aromatic carbocycles. The molecule has 0 saturated carbocycles. The monoisotopic (exact) mass is 263 g/mol. The van der Waals surface area contributed by atoms with E-state index in [1.54, 1.807) is 0 Å². The quantitative estimate of drug-likeness (QED) is 0.428. The van der Waals surface area contributed by atoms with Gasteiger partial charge in [0.05, 0.1) is 6.61 Å². The SMILES string of the molecule is CC(C)NC(N)=NCCCOCCc1ccccc1. The lowest BCUT2D eigenvalue weighted by molar-refractivity contribution is 0.136. The third-order valence-corrected chi connectivity index (χ3v) is 2.54. The molecule has 0 aliphatic rings. The van der Waals surface area contributed by atoms with E-state index in [2.05, 4.69) is 34.6 Å². The molecule has 0 aliphatic heterocycles. The van der Waals surface area contributed by atoms with Gasteiger partial charge in [-0.2, -0.15) is 0 Å². The largest absolute Gasteiger partial charge is 0.381 e. The molecule has 0 fully saturated rings. The van der Waals surface area contributed by atoms with Crippen LogP contribution in [0.1, 0.15) is 25.8 Å². The molecule has 0 radical (unpaired) electrons. The summed E-state index contributed by atoms with van der Waals surface area (Å²) in [7, 11) is 0. The highest BCUT2D eigenvalue weighted by Crippen LogP contribution is 1.99. The van der Waals surface area contributed by atoms with E-state index < -0.39 is 0 Å². The fourth-order valence-corrected chi connectivity index (χ4v) is 1.64. The Balaban J connectivity index is 2.00. The molecule has 0 aromatic heterocycles. The van der Waals surface area contributed by atoms with E-state index in [0.717, 1.165) is 26.1 Å². The fraction of sp³-hybridized carbons (Fsp3) is 0.533. The van der Waals surface area contributed by atoms with Crippen molar-refractivity contribution in [3.8, 4) is 0 Å². The molecule has 1 aromatic rings. The van der Waals surface area contributed by atoms with E-state index in [4.69, 9.17) is 10.5 Å². The maximum Gasteiger partial charge on any atom is 0.188 e. The predicted molar refractivity (Wildman–Crippen MR) is 80.3 cm³/mol. The summed E-state index contributed by atoms with van der Waals surface area (Å²) in [4.78, 5) is 4.22. The van der Waals surface area contributed by atoms with Crippen molar-refractivity contribution in [1.29, 1.82) is 0 Å². The molecule has 3 N–H and O–H groups in total. The molecule has 0 amide bonds. The van der Waals surface area contributed by atoms with Crippen LogP contribution in [0.25, 0.3) is 0 Å². The smallest absolute Gasteiger partial charge is 0.188 e. The summed E-state index contributed by atoms with van der Waals surface area (Å²) < 4.78 is 5.57. The normalized spacial score (nSPS) is 11.8. The van der Waals surface area contributed by atoms with Gasteiger partial charge in [0, 0.05) is 19.2 Å². The fourth-order valence-electron chi connectivity index (χ4n) is 1.64. The number of nitrogens with zero attached hydrogens (tertiary/aromatic N) is 1. The molecule has 0 heterocycles. The lowest BCUT2D eigenvalue weighted by Gasteiger charge is -2.08. The van der Waals surface area contributed by atoms with Gasteiger partial charge in [0.2, 0.25) is 0 Å². The maximum atomic E-state index is 5.69. The molecule has 19 heavy (non-hydrogen) atoms. The van der Waals surface area contributed by atoms with Gasteiger partial charge in [0.25, 0.3) is 0 Å². The first-order valence-electron chi connectivity index (χ1n) is 6.86. The number of hydrogen-bond donors (Lipinski definition) is 2. The zero-order valence-electron chi connectivity index (χ0n) is 11.9. The zero-order valence-corrected chi connectivity index (χ0v) is 11.9. The summed E-state index contributed by atoms with van der Waals surface area (Å²) in [6.45, 7) is 6.26. The van der Waals surface area contributed by atoms with Crippen LogP contribution in [0.5, 0.6) is 0 Å². The van der Waals surface area contributed by atoms with Gasteiger partial charge >= 0.3 is 0 Å². The Labute approximate surface area is 116 Å². The minimum absolute atomic E-state index is 0.325. The molecule has 4 nitrogen and oxygen atoms in total. The second-order valence-electron chi connectivity index (χ2n) is 4.77. The highest BCUT2D eigenvalue weighted by molar-refractivity contribution is 5.77. The first-order valence-corrected chi connectivity index (χ1v) is 6.86. The first-order chi connectivity index (χ1) is 9.18. The van der Waals surface area contributed by atoms with Gasteiger partial charge in [-0.1, -0.05) is 30.3 Å². The Bertz CT molecular complexity index is 363. The average Bonchev–Trinajstić information content (AvgIpc) is 2.38. The van der Waals surface area contributed by atoms with Gasteiger partial charge < -0.3 is 15.8 Å². The molecule has 106 valence electrons. The topological polar surface area (TPSA) is 59.6 Å². The van der Waals surface area contributed by atoms with E-state index in [9.17, 15) is 0 Å². The van der Waals surface area contributed by atoms with Crippen molar-refractivity contribution in [2.75, 3.05) is 19.8 Å². The van der Waals surface area contributed by atoms with Crippen LogP contribution in [0.3, 0.4) is 0 Å². The minimum atomic E-state index is 0.325. The Kier molecular flexibility index (Phi) is 7.66. The summed E-state index contributed by atoms with van der Waals surface area (Å²) >= 11 is 0. The van der Waals surface area contributed by atoms with Crippen molar-refractivity contribution in [1.82, 2.24) is 5.32 Å². The number of guanidine groups is 1. The summed E-state index contributed by atoms with van der Waals surface area (Å²) in [5.74, 6) is 0.513. The number of aliphatic imine (C=N–C) groups is 1. The number of nitrogens with one attached hydrogen (secondary N) is 1. The molecule has 0 aliphatic carbocycles. The van der Waals surface area contributed by atoms with Crippen LogP contribution in [0, 0.1) is 0 Å². The molecular formula is C15H25N3O. The van der Waals surface area contributed by atoms with Gasteiger partial charge in [-0.15, -0.1) is 0 Å². The second kappa shape index (κ2) is 9.39. The number of nitrogens with two attached hydrogens (primary N) is 1. The molecular weight excluding hydrogens is 238 g/mol. The van der Waals surface area contributed by atoms with Crippen molar-refractivity contribution in [3.05, 3.63) is 35.9 Å². The highest BCUT2D eigenvalue weighted by Gasteiger charge is 1.95. The Morgan fingerprint density at radius 1 is 1.26 bits per heavy atom. The summed E-state index contributed by atoms with van der Waals surface area (Å²) in [5.41, 5.74) is 7.00. The van der Waals surface area contributed by atoms with E-state index in [-0.39, 0.29) is 0 Å². The van der Waals surface area contributed by atoms with Crippen LogP contribution in [0.2, 0.25) is 0 Å². The number of benzene rings is 1. The van der Waals surface area contributed by atoms with E-state index in [0.29, 0.717) is 18.5 Å². The minimum Gasteiger partial charge on any atom is -0.381 e. The Hall–Kier alpha value is -1.55. The predicted octanol–water partition coefficient (Wildman–Crippen LogP) is 1.95. The van der Waals surface area contributed by atoms with Crippen LogP contribution in [0.15, 0.2) is 35.3 Å². The molecule has 1 rings (SSSR count). The molecule has 0 unspecified atom stereocenters. The van der Waals surface area contributed by atoms with Gasteiger partial charge in [-0.05, 0) is 32.3 Å². The van der Waals surface area contributed by atoms with Crippen LogP contribution in [-0.4, -0.2) is 31.8 Å². The van der Waals surface area contributed by atoms with E-state index in [1.165, 1.54) is 5.56 Å². The van der Waals surface area contributed by atoms with E-state index >= 15 is 0 Å². The van der Waals surface area contributed by atoms with Crippen molar-refractivity contribution < 1.29 is 4.74 Å². The van der Waals surface area contributed by atoms with Crippen LogP contribution >= 0.6 is 0 Å². The van der Waals surface area contributed by atoms with E-state index in [1.807, 2.05) is 19.9 Å². The first kappa shape index (κ1) is 15.5. The third kappa shape index (κ3) is 8.21. The van der Waals surface area contributed by atoms with Crippen molar-refractivity contribution in [2.45, 2.75) is 32.7 Å². The Morgan fingerprint density at radius 3 is 2.68 bits per heavy atom. The molecule has 0 spiro atoms. The average molecular weight is 263 g/mol. The number of hydrogen-bond acceptors (Lipinski definition) is 2. The molecule has 0 saturated heterocycles. The Morgan fingerprint density at radius 2 is 2.00 bits per heavy atom. The summed E-state index contributed by atoms with van der Waals surface area (Å²) in [6.07, 6.45) is 1.86. The summed E-state index contributed by atoms with van der Waals surface area (Å²) in [5, 5.41) is 3.05. The lowest BCUT2D eigenvalue weighted by atomic mass is 10.2. The molecule has 4 heteroatoms. The third-order valence-electron chi connectivity index (χ3n) is 2.54. The molecule has 0 bridgehead atoms. The number of ether oxygens (including phenoxy) is 1. The van der Waals surface area contributed by atoms with Gasteiger partial charge in [0.1, 0.15) is 0 Å². The maximum absolute atomic E-state index is 5.69. The highest BCUT2D eigenvalue weighted by atomic mass is 16.5. The van der Waals surface area contributed by atoms with Gasteiger partial charge in [0.15, 0.2) is 5.96 Å². The van der Waals surface area contributed by atoms with Gasteiger partial charge in [-0.25, -0.2) is 0 Å². The van der Waals surface area contributed by atoms with Crippen molar-refractivity contribution >= 4 is 5.96 Å². The van der Waals surface area contributed by atoms with Gasteiger partial charge in [-0.3, -0.25) is 4.99 Å². The summed E-state index contributed by atoms with van der Waals surface area (Å²) in [6, 6.07) is 10.7. The molecule has 0 atom stereocenters. The van der Waals surface area contributed by atoms with Crippen LogP contribution in [-0.2, 0) is 11.2 Å². The second-order valence-corrected chi connectivity index (χ2v) is 4.77. The zero-order chi connectivity index (χ0) is 13.9. The lowest BCUT2D eigenvalue weighted by Crippen LogP contribution is -2.36. The van der Waals surface area contributed by atoms with Crippen molar-refractivity contribution in [3.63, 3.8) is 0 Å². The van der Waals surface area contributed by atoms with Crippen LogP contribution in [0.4, 0.5) is 0 Å². The van der Waals surface area contributed by atoms with Crippen molar-refractivity contribution in [2.24, 2.45) is 10.7 Å². The van der Waals surface area contributed by atoms with Crippen LogP contribution < -0.4 is 11.1 Å².